The first-order valence-electron chi connectivity index (χ1n) is 4.51. The van der Waals surface area contributed by atoms with E-state index in [0.29, 0.717) is 5.92 Å². The monoisotopic (exact) mass is 182 g/mol. The molecule has 0 bridgehead atoms. The average molecular weight is 182 g/mol. The van der Waals surface area contributed by atoms with E-state index in [1.807, 2.05) is 0 Å². The maximum Gasteiger partial charge on any atom is -0.0190 e. The molecule has 1 atom stereocenters. The molecular formula is C11H18O2. The van der Waals surface area contributed by atoms with Crippen molar-refractivity contribution in [3.8, 4) is 0 Å². The summed E-state index contributed by atoms with van der Waals surface area (Å²) in [5.74, 6) is 0.705. The van der Waals surface area contributed by atoms with Gasteiger partial charge in [0.25, 0.3) is 0 Å². The zero-order chi connectivity index (χ0) is 10.3. The van der Waals surface area contributed by atoms with Gasteiger partial charge in [0.15, 0.2) is 0 Å². The van der Waals surface area contributed by atoms with Gasteiger partial charge in [-0.25, -0.2) is 0 Å². The normalized spacial score (nSPS) is 11.5. The first-order valence-corrected chi connectivity index (χ1v) is 4.51. The minimum absolute atomic E-state index is 0.705. The van der Waals surface area contributed by atoms with Crippen LogP contribution in [0, 0.1) is 6.92 Å². The summed E-state index contributed by atoms with van der Waals surface area (Å²) in [5, 5.41) is 12.0. The third-order valence-electron chi connectivity index (χ3n) is 2.33. The number of hydrogen-bond donors (Lipinski definition) is 2. The maximum atomic E-state index is 6.00. The van der Waals surface area contributed by atoms with Gasteiger partial charge in [0.1, 0.15) is 0 Å². The number of benzene rings is 1. The second-order valence-corrected chi connectivity index (χ2v) is 3.17. The Bertz CT molecular complexity index is 233. The summed E-state index contributed by atoms with van der Waals surface area (Å²) in [5.41, 5.74) is 2.91. The highest BCUT2D eigenvalue weighted by Gasteiger charge is 2.03. The highest BCUT2D eigenvalue weighted by Crippen LogP contribution is 2.21. The molecule has 1 aromatic rings. The fraction of sp³-hybridized carbons (Fsp3) is 0.455. The molecule has 0 heterocycles. The highest BCUT2D eigenvalue weighted by atomic mass is 17.0. The topological polar surface area (TPSA) is 40.5 Å². The Morgan fingerprint density at radius 2 is 1.77 bits per heavy atom. The molecule has 2 nitrogen and oxygen atoms in total. The summed E-state index contributed by atoms with van der Waals surface area (Å²) in [7, 11) is 0. The van der Waals surface area contributed by atoms with Crippen LogP contribution in [0.5, 0.6) is 0 Å². The van der Waals surface area contributed by atoms with E-state index in [1.165, 1.54) is 17.5 Å². The number of aryl methyl sites for hydroxylation is 1. The Hall–Kier alpha value is -0.860. The van der Waals surface area contributed by atoms with Crippen molar-refractivity contribution in [3.63, 3.8) is 0 Å². The van der Waals surface area contributed by atoms with Crippen LogP contribution in [0.25, 0.3) is 0 Å². The van der Waals surface area contributed by atoms with Crippen LogP contribution in [0.1, 0.15) is 37.3 Å². The Balaban J connectivity index is 0.000000671. The third kappa shape index (κ3) is 3.57. The number of rotatable bonds is 2. The van der Waals surface area contributed by atoms with Gasteiger partial charge in [-0.1, -0.05) is 38.1 Å². The fourth-order valence-electron chi connectivity index (χ4n) is 1.36. The van der Waals surface area contributed by atoms with E-state index in [1.54, 1.807) is 0 Å². The lowest BCUT2D eigenvalue weighted by molar-refractivity contribution is -0.176. The SMILES string of the molecule is CCC(C)c1ccccc1C.OO. The lowest BCUT2D eigenvalue weighted by atomic mass is 9.95. The van der Waals surface area contributed by atoms with Crippen molar-refractivity contribution in [2.24, 2.45) is 0 Å². The molecule has 0 aliphatic heterocycles. The molecule has 0 spiro atoms. The van der Waals surface area contributed by atoms with E-state index in [0.717, 1.165) is 0 Å². The summed E-state index contributed by atoms with van der Waals surface area (Å²) < 4.78 is 0. The molecule has 2 heteroatoms. The van der Waals surface area contributed by atoms with Gasteiger partial charge in [-0.2, -0.15) is 0 Å². The van der Waals surface area contributed by atoms with Crippen LogP contribution >= 0.6 is 0 Å². The average Bonchev–Trinajstić information content (AvgIpc) is 2.20. The zero-order valence-corrected chi connectivity index (χ0v) is 8.49. The summed E-state index contributed by atoms with van der Waals surface area (Å²) >= 11 is 0. The van der Waals surface area contributed by atoms with Crippen LogP contribution in [0.15, 0.2) is 24.3 Å². The lowest BCUT2D eigenvalue weighted by Gasteiger charge is -2.11. The van der Waals surface area contributed by atoms with Crippen molar-refractivity contribution in [2.45, 2.75) is 33.1 Å². The molecule has 0 amide bonds. The van der Waals surface area contributed by atoms with E-state index in [4.69, 9.17) is 10.5 Å². The van der Waals surface area contributed by atoms with Crippen molar-refractivity contribution in [1.29, 1.82) is 0 Å². The standard InChI is InChI=1S/C11H16.H2O2/c1-4-9(2)11-8-6-5-7-10(11)3;1-2/h5-9H,4H2,1-3H3;1-2H. The van der Waals surface area contributed by atoms with Crippen molar-refractivity contribution in [3.05, 3.63) is 35.4 Å². The molecule has 0 aliphatic rings. The van der Waals surface area contributed by atoms with Crippen LogP contribution in [-0.2, 0) is 0 Å². The van der Waals surface area contributed by atoms with Gasteiger partial charge in [0.2, 0.25) is 0 Å². The molecular weight excluding hydrogens is 164 g/mol. The second-order valence-electron chi connectivity index (χ2n) is 3.17. The molecule has 2 N–H and O–H groups in total. The fourth-order valence-corrected chi connectivity index (χ4v) is 1.36. The second kappa shape index (κ2) is 6.63. The minimum atomic E-state index is 0.705. The maximum absolute atomic E-state index is 6.00. The van der Waals surface area contributed by atoms with E-state index in [2.05, 4.69) is 45.0 Å². The summed E-state index contributed by atoms with van der Waals surface area (Å²) in [6, 6.07) is 8.63. The Morgan fingerprint density at radius 3 is 2.23 bits per heavy atom. The molecule has 0 aliphatic carbocycles. The van der Waals surface area contributed by atoms with Crippen LogP contribution in [0.4, 0.5) is 0 Å². The molecule has 0 fully saturated rings. The summed E-state index contributed by atoms with van der Waals surface area (Å²) in [6.07, 6.45) is 1.23. The van der Waals surface area contributed by atoms with Crippen molar-refractivity contribution < 1.29 is 10.5 Å². The first-order chi connectivity index (χ1) is 6.25. The number of hydrogen-bond acceptors (Lipinski definition) is 2. The molecule has 1 aromatic carbocycles. The van der Waals surface area contributed by atoms with Crippen molar-refractivity contribution >= 4 is 0 Å². The van der Waals surface area contributed by atoms with Gasteiger partial charge in [-0.05, 0) is 30.4 Å². The van der Waals surface area contributed by atoms with Crippen molar-refractivity contribution in [2.75, 3.05) is 0 Å². The van der Waals surface area contributed by atoms with Crippen LogP contribution in [-0.4, -0.2) is 10.5 Å². The molecule has 0 aromatic heterocycles. The molecule has 1 unspecified atom stereocenters. The molecule has 1 rings (SSSR count). The van der Waals surface area contributed by atoms with Crippen LogP contribution in [0.3, 0.4) is 0 Å². The molecule has 0 saturated heterocycles. The Morgan fingerprint density at radius 1 is 1.23 bits per heavy atom. The third-order valence-corrected chi connectivity index (χ3v) is 2.33. The van der Waals surface area contributed by atoms with Gasteiger partial charge >= 0.3 is 0 Å². The van der Waals surface area contributed by atoms with Gasteiger partial charge in [0, 0.05) is 0 Å². The minimum Gasteiger partial charge on any atom is -0.255 e. The first kappa shape index (κ1) is 12.1. The van der Waals surface area contributed by atoms with E-state index in [-0.39, 0.29) is 0 Å². The summed E-state index contributed by atoms with van der Waals surface area (Å²) in [4.78, 5) is 0. The van der Waals surface area contributed by atoms with Gasteiger partial charge in [-0.15, -0.1) is 0 Å². The van der Waals surface area contributed by atoms with E-state index in [9.17, 15) is 0 Å². The smallest absolute Gasteiger partial charge is 0.0190 e. The van der Waals surface area contributed by atoms with Gasteiger partial charge in [-0.3, -0.25) is 10.5 Å². The predicted octanol–water partition coefficient (Wildman–Crippen LogP) is 3.53. The largest absolute Gasteiger partial charge is 0.255 e. The Labute approximate surface area is 79.8 Å². The quantitative estimate of drug-likeness (QED) is 0.542. The molecule has 0 radical (unpaired) electrons. The molecule has 0 saturated carbocycles. The highest BCUT2D eigenvalue weighted by molar-refractivity contribution is 5.28. The summed E-state index contributed by atoms with van der Waals surface area (Å²) in [6.45, 7) is 6.70. The van der Waals surface area contributed by atoms with Crippen LogP contribution in [0.2, 0.25) is 0 Å². The zero-order valence-electron chi connectivity index (χ0n) is 8.49. The molecule has 13 heavy (non-hydrogen) atoms. The predicted molar refractivity (Wildman–Crippen MR) is 55.1 cm³/mol. The van der Waals surface area contributed by atoms with E-state index >= 15 is 0 Å². The van der Waals surface area contributed by atoms with Crippen molar-refractivity contribution in [1.82, 2.24) is 0 Å². The van der Waals surface area contributed by atoms with Gasteiger partial charge < -0.3 is 0 Å². The van der Waals surface area contributed by atoms with Gasteiger partial charge in [0.05, 0.1) is 0 Å². The molecule has 74 valence electrons. The van der Waals surface area contributed by atoms with Crippen LogP contribution < -0.4 is 0 Å². The lowest BCUT2D eigenvalue weighted by Crippen LogP contribution is -1.93. The Kier molecular flexibility index (Phi) is 6.20. The van der Waals surface area contributed by atoms with E-state index < -0.39 is 0 Å².